The minimum Gasteiger partial charge on any atom is -0.464 e. The van der Waals surface area contributed by atoms with Crippen molar-refractivity contribution in [2.75, 3.05) is 40.4 Å². The second-order valence-corrected chi connectivity index (χ2v) is 20.3. The van der Waals surface area contributed by atoms with Gasteiger partial charge >= 0.3 is 5.97 Å². The van der Waals surface area contributed by atoms with Crippen LogP contribution in [0.15, 0.2) is 49.2 Å². The summed E-state index contributed by atoms with van der Waals surface area (Å²) >= 11 is 6.58. The molecular weight excluding hydrogens is 895 g/mol. The van der Waals surface area contributed by atoms with Gasteiger partial charge in [0.15, 0.2) is 0 Å². The maximum Gasteiger partial charge on any atom is 0.324 e. The van der Waals surface area contributed by atoms with Crippen molar-refractivity contribution in [1.82, 2.24) is 44.5 Å². The number of carbonyl (C=O) groups excluding carboxylic acids is 5. The van der Waals surface area contributed by atoms with Crippen LogP contribution in [-0.2, 0) is 52.8 Å². The van der Waals surface area contributed by atoms with Crippen LogP contribution in [0.5, 0.6) is 0 Å². The van der Waals surface area contributed by atoms with Crippen molar-refractivity contribution in [3.8, 4) is 21.8 Å². The number of amides is 4. The van der Waals surface area contributed by atoms with E-state index >= 15 is 0 Å². The third-order valence-corrected chi connectivity index (χ3v) is 14.3. The zero-order valence-electron chi connectivity index (χ0n) is 38.6. The summed E-state index contributed by atoms with van der Waals surface area (Å²) in [6, 6.07) is 8.26. The average molecular weight is 953 g/mol. The lowest BCUT2D eigenvalue weighted by atomic mass is 9.84. The number of methoxy groups -OCH3 is 1. The molecule has 0 spiro atoms. The predicted molar refractivity (Wildman–Crippen MR) is 256 cm³/mol. The molecule has 1 aromatic carbocycles. The van der Waals surface area contributed by atoms with Crippen molar-refractivity contribution in [3.63, 3.8) is 0 Å². The molecule has 3 aromatic heterocycles. The van der Waals surface area contributed by atoms with Crippen LogP contribution >= 0.6 is 23.8 Å². The molecule has 0 saturated carbocycles. The molecule has 349 valence electrons. The summed E-state index contributed by atoms with van der Waals surface area (Å²) in [5.74, 6) is -2.79. The van der Waals surface area contributed by atoms with Crippen LogP contribution in [0.3, 0.4) is 0 Å². The van der Waals surface area contributed by atoms with Crippen LogP contribution in [0.2, 0.25) is 0 Å². The summed E-state index contributed by atoms with van der Waals surface area (Å²) in [4.78, 5) is 82.3. The Morgan fingerprint density at radius 1 is 1.18 bits per heavy atom. The number of aryl methyl sites for hydroxylation is 1. The maximum absolute atomic E-state index is 14.8. The van der Waals surface area contributed by atoms with Gasteiger partial charge in [-0.05, 0) is 92.0 Å². The van der Waals surface area contributed by atoms with E-state index < -0.39 is 52.5 Å². The molecule has 6 bridgehead atoms. The van der Waals surface area contributed by atoms with Gasteiger partial charge in [-0.25, -0.2) is 10.4 Å². The predicted octanol–water partition coefficient (Wildman–Crippen LogP) is 4.59. The Bertz CT molecular complexity index is 2540. The Kier molecular flexibility index (Phi) is 14.7. The van der Waals surface area contributed by atoms with Crippen LogP contribution in [-0.4, -0.2) is 137 Å². The summed E-state index contributed by atoms with van der Waals surface area (Å²) < 4.78 is 18.9. The first kappa shape index (κ1) is 48.7. The van der Waals surface area contributed by atoms with Gasteiger partial charge in [-0.3, -0.25) is 34.0 Å². The average Bonchev–Trinajstić information content (AvgIpc) is 4.06. The molecule has 0 aliphatic carbocycles. The van der Waals surface area contributed by atoms with E-state index in [2.05, 4.69) is 65.0 Å². The molecule has 2 fully saturated rings. The fourth-order valence-corrected chi connectivity index (χ4v) is 10.8. The number of hydrogen-bond acceptors (Lipinski definition) is 13. The van der Waals surface area contributed by atoms with Gasteiger partial charge < -0.3 is 29.2 Å². The van der Waals surface area contributed by atoms with Gasteiger partial charge in [-0.15, -0.1) is 0 Å². The number of aromatic nitrogens is 4. The highest BCUT2D eigenvalue weighted by Gasteiger charge is 2.45. The van der Waals surface area contributed by atoms with Gasteiger partial charge in [0.05, 0.1) is 34.2 Å². The first-order valence-corrected chi connectivity index (χ1v) is 24.1. The summed E-state index contributed by atoms with van der Waals surface area (Å²) in [5, 5.41) is 5.62. The second kappa shape index (κ2) is 19.9. The van der Waals surface area contributed by atoms with E-state index in [1.54, 1.807) is 30.6 Å². The van der Waals surface area contributed by atoms with E-state index in [0.29, 0.717) is 49.5 Å². The number of benzene rings is 1. The molecular formula is C47H58N9O7S2Si. The summed E-state index contributed by atoms with van der Waals surface area (Å²) in [5.41, 5.74) is 7.88. The zero-order chi connectivity index (χ0) is 47.7. The van der Waals surface area contributed by atoms with Gasteiger partial charge in [0.2, 0.25) is 17.7 Å². The summed E-state index contributed by atoms with van der Waals surface area (Å²) in [7, 11) is 6.93. The van der Waals surface area contributed by atoms with Crippen molar-refractivity contribution < 1.29 is 33.4 Å². The van der Waals surface area contributed by atoms with Crippen molar-refractivity contribution in [2.24, 2.45) is 17.3 Å². The first-order valence-electron chi connectivity index (χ1n) is 22.3. The number of likely N-dealkylation sites (N-methyl/N-ethyl adjacent to an activating group) is 1. The maximum atomic E-state index is 14.8. The normalized spacial score (nSPS) is 22.1. The van der Waals surface area contributed by atoms with E-state index in [1.165, 1.54) is 27.5 Å². The minimum absolute atomic E-state index is 0.0839. The number of hydrogen-bond donors (Lipinski definition) is 2. The fraction of sp³-hybridized carbons (Fsp3) is 0.511. The zero-order valence-corrected chi connectivity index (χ0v) is 41.2. The monoisotopic (exact) mass is 952 g/mol. The number of nitrogens with zero attached hydrogens (tertiary/aromatic N) is 7. The molecule has 7 rings (SSSR count). The largest absolute Gasteiger partial charge is 0.464 e. The standard InChI is InChI=1S/C47H58N9O7S2Si/c1-9-37(57)54-20-17-29(24-54)43(59)53(7)39(27(3)4)41(58)50-47(66)23-36-49-42(65-52-36)28-15-16-34-31(21-28)32(40(55(34)10-2)30-13-11-18-48-38(30)35(25-64)62-8)22-46(5,6)26-63-44(60)33-14-12-19-56(51-33)45(47)61/h9,11,13,15-16,18,21,25,27,29,33,35,39,51H,1,10,12,14,17,19-20,22-24,26H2,2-8H3,(H,50,58)/t29-,33-,35-,39-,47?/m0/s1. The Balaban J connectivity index is 1.30. The van der Waals surface area contributed by atoms with Crippen LogP contribution < -0.4 is 10.7 Å². The van der Waals surface area contributed by atoms with E-state index in [-0.39, 0.29) is 49.7 Å². The van der Waals surface area contributed by atoms with Gasteiger partial charge in [0.1, 0.15) is 34.2 Å². The number of ether oxygens (including phenoxy) is 2. The number of fused-ring (bicyclic) bond motifs is 6. The molecule has 2 N–H and O–H groups in total. The van der Waals surface area contributed by atoms with E-state index in [1.807, 2.05) is 32.0 Å². The van der Waals surface area contributed by atoms with Crippen molar-refractivity contribution in [2.45, 2.75) is 96.6 Å². The Labute approximate surface area is 398 Å². The lowest BCUT2D eigenvalue weighted by Crippen LogP contribution is -2.68. The van der Waals surface area contributed by atoms with Crippen LogP contribution in [0.4, 0.5) is 0 Å². The number of rotatable bonds is 11. The fourth-order valence-electron chi connectivity index (χ4n) is 9.46. The Morgan fingerprint density at radius 2 is 1.95 bits per heavy atom. The summed E-state index contributed by atoms with van der Waals surface area (Å²) in [6.07, 6.45) is 4.12. The highest BCUT2D eigenvalue weighted by Crippen LogP contribution is 2.42. The van der Waals surface area contributed by atoms with Gasteiger partial charge in [0, 0.05) is 85.8 Å². The van der Waals surface area contributed by atoms with E-state index in [0.717, 1.165) is 33.3 Å². The van der Waals surface area contributed by atoms with Crippen LogP contribution in [0.25, 0.3) is 32.7 Å². The SMILES string of the molecule is C=CC(=O)N1CC[C@H](C(=O)N(C)[C@H](C(=O)NC2([Si])Cc3nsc(n3)-c3ccc4c(c3)c(c(-c3cccnc3[C@H](C=S)OC)n4CC)CC(C)(C)COC(=O)[C@@H]3CCCN(N3)C2=O)C(C)C)C1. The smallest absolute Gasteiger partial charge is 0.324 e. The van der Waals surface area contributed by atoms with Crippen molar-refractivity contribution in [1.29, 1.82) is 0 Å². The molecule has 3 aliphatic heterocycles. The number of esters is 1. The van der Waals surface area contributed by atoms with Crippen molar-refractivity contribution >= 4 is 79.9 Å². The Hall–Kier alpha value is -5.21. The number of likely N-dealkylation sites (tertiary alicyclic amines) is 1. The number of pyridine rings is 1. The topological polar surface area (TPSA) is 181 Å². The molecule has 19 heteroatoms. The second-order valence-electron chi connectivity index (χ2n) is 18.5. The molecule has 4 amide bonds. The number of carbonyl (C=O) groups is 5. The van der Waals surface area contributed by atoms with Gasteiger partial charge in [-0.1, -0.05) is 46.5 Å². The summed E-state index contributed by atoms with van der Waals surface area (Å²) in [6.45, 7) is 15.0. The van der Waals surface area contributed by atoms with E-state index in [9.17, 15) is 24.0 Å². The highest BCUT2D eigenvalue weighted by molar-refractivity contribution is 7.79. The number of hydrazine groups is 1. The van der Waals surface area contributed by atoms with Gasteiger partial charge in [-0.2, -0.15) is 4.37 Å². The molecule has 66 heavy (non-hydrogen) atoms. The number of cyclic esters (lactones) is 1. The first-order chi connectivity index (χ1) is 31.4. The van der Waals surface area contributed by atoms with Crippen LogP contribution in [0, 0.1) is 17.3 Å². The molecule has 3 radical (unpaired) electrons. The molecule has 4 aromatic rings. The lowest BCUT2D eigenvalue weighted by molar-refractivity contribution is -0.156. The van der Waals surface area contributed by atoms with Gasteiger partial charge in [0.25, 0.3) is 5.91 Å². The Morgan fingerprint density at radius 3 is 2.65 bits per heavy atom. The van der Waals surface area contributed by atoms with E-state index in [4.69, 9.17) is 36.0 Å². The third kappa shape index (κ3) is 9.76. The molecule has 3 aliphatic rings. The lowest BCUT2D eigenvalue weighted by Gasteiger charge is -2.40. The molecule has 1 unspecified atom stereocenters. The third-order valence-electron chi connectivity index (χ3n) is 12.7. The molecule has 16 nitrogen and oxygen atoms in total. The highest BCUT2D eigenvalue weighted by atomic mass is 32.1. The minimum atomic E-state index is -1.83. The van der Waals surface area contributed by atoms with Crippen molar-refractivity contribution in [3.05, 3.63) is 66.3 Å². The van der Waals surface area contributed by atoms with Crippen LogP contribution in [0.1, 0.15) is 77.1 Å². The number of nitrogens with one attached hydrogen (secondary N) is 2. The molecule has 6 heterocycles. The number of thiocarbonyl (C=S) groups is 1. The molecule has 2 saturated heterocycles. The quantitative estimate of drug-likeness (QED) is 0.0926. The molecule has 5 atom stereocenters.